The summed E-state index contributed by atoms with van der Waals surface area (Å²) in [5, 5.41) is 4.15. The molecule has 1 saturated heterocycles. The van der Waals surface area contributed by atoms with E-state index < -0.39 is 0 Å². The molecule has 1 fully saturated rings. The molecule has 1 amide bonds. The highest BCUT2D eigenvalue weighted by Crippen LogP contribution is 2.15. The Morgan fingerprint density at radius 3 is 3.00 bits per heavy atom. The molecule has 1 aliphatic heterocycles. The predicted molar refractivity (Wildman–Crippen MR) is 85.7 cm³/mol. The van der Waals surface area contributed by atoms with Crippen LogP contribution in [0.15, 0.2) is 47.3 Å². The summed E-state index contributed by atoms with van der Waals surface area (Å²) in [5.41, 5.74) is 2.26. The van der Waals surface area contributed by atoms with E-state index in [4.69, 9.17) is 16.0 Å². The monoisotopic (exact) mass is 318 g/mol. The van der Waals surface area contributed by atoms with Crippen molar-refractivity contribution in [2.75, 3.05) is 13.1 Å². The predicted octanol–water partition coefficient (Wildman–Crippen LogP) is 2.87. The Hall–Kier alpha value is -1.78. The van der Waals surface area contributed by atoms with Crippen LogP contribution >= 0.6 is 11.6 Å². The van der Waals surface area contributed by atoms with E-state index in [9.17, 15) is 4.79 Å². The smallest absolute Gasteiger partial charge is 0.224 e. The van der Waals surface area contributed by atoms with Crippen LogP contribution < -0.4 is 5.32 Å². The third kappa shape index (κ3) is 3.90. The minimum Gasteiger partial charge on any atom is -0.472 e. The summed E-state index contributed by atoms with van der Waals surface area (Å²) in [7, 11) is 0. The summed E-state index contributed by atoms with van der Waals surface area (Å²) in [4.78, 5) is 14.0. The van der Waals surface area contributed by atoms with E-state index >= 15 is 0 Å². The lowest BCUT2D eigenvalue weighted by Crippen LogP contribution is -2.33. The summed E-state index contributed by atoms with van der Waals surface area (Å²) in [6.07, 6.45) is 4.78. The largest absolute Gasteiger partial charge is 0.472 e. The molecule has 1 atom stereocenters. The molecule has 4 nitrogen and oxygen atoms in total. The second-order valence-corrected chi connectivity index (χ2v) is 6.07. The van der Waals surface area contributed by atoms with Crippen LogP contribution in [0.5, 0.6) is 0 Å². The van der Waals surface area contributed by atoms with Crippen molar-refractivity contribution in [1.82, 2.24) is 10.2 Å². The zero-order valence-corrected chi connectivity index (χ0v) is 13.1. The van der Waals surface area contributed by atoms with Crippen molar-refractivity contribution in [3.05, 3.63) is 59.0 Å². The van der Waals surface area contributed by atoms with Gasteiger partial charge in [-0.3, -0.25) is 4.79 Å². The van der Waals surface area contributed by atoms with Gasteiger partial charge in [0, 0.05) is 42.7 Å². The Bertz CT molecular complexity index is 627. The van der Waals surface area contributed by atoms with Gasteiger partial charge in [0.1, 0.15) is 0 Å². The Morgan fingerprint density at radius 1 is 1.32 bits per heavy atom. The number of carbonyl (C=O) groups excluding carboxylic acids is 1. The van der Waals surface area contributed by atoms with Crippen LogP contribution in [0.25, 0.3) is 0 Å². The van der Waals surface area contributed by atoms with Gasteiger partial charge in [-0.1, -0.05) is 23.7 Å². The zero-order valence-electron chi connectivity index (χ0n) is 12.3. The minimum atomic E-state index is 0.210. The van der Waals surface area contributed by atoms with Gasteiger partial charge in [-0.05, 0) is 30.2 Å². The first-order chi connectivity index (χ1) is 10.7. The van der Waals surface area contributed by atoms with Gasteiger partial charge in [0.25, 0.3) is 0 Å². The van der Waals surface area contributed by atoms with Crippen LogP contribution in [0, 0.1) is 0 Å². The number of benzene rings is 1. The van der Waals surface area contributed by atoms with Gasteiger partial charge < -0.3 is 14.6 Å². The van der Waals surface area contributed by atoms with Crippen molar-refractivity contribution in [2.24, 2.45) is 0 Å². The quantitative estimate of drug-likeness (QED) is 0.891. The molecule has 0 spiro atoms. The summed E-state index contributed by atoms with van der Waals surface area (Å²) in [6.45, 7) is 2.23. The molecule has 1 aromatic carbocycles. The molecule has 3 rings (SSSR count). The first-order valence-electron chi connectivity index (χ1n) is 7.47. The van der Waals surface area contributed by atoms with Crippen LogP contribution in [0.4, 0.5) is 0 Å². The SMILES string of the molecule is O=C1C[C@H](NCc2ccoc2)CN1CCc1cccc(Cl)c1. The summed E-state index contributed by atoms with van der Waals surface area (Å²) in [6, 6.07) is 9.95. The molecular weight excluding hydrogens is 300 g/mol. The number of carbonyl (C=O) groups is 1. The lowest BCUT2D eigenvalue weighted by Gasteiger charge is -2.17. The fraction of sp³-hybridized carbons (Fsp3) is 0.353. The van der Waals surface area contributed by atoms with Crippen molar-refractivity contribution >= 4 is 17.5 Å². The van der Waals surface area contributed by atoms with E-state index in [-0.39, 0.29) is 11.9 Å². The number of hydrogen-bond donors (Lipinski definition) is 1. The number of halogens is 1. The fourth-order valence-electron chi connectivity index (χ4n) is 2.74. The molecule has 2 heterocycles. The van der Waals surface area contributed by atoms with E-state index in [1.807, 2.05) is 35.2 Å². The normalized spacial score (nSPS) is 18.1. The highest BCUT2D eigenvalue weighted by atomic mass is 35.5. The maximum Gasteiger partial charge on any atom is 0.224 e. The van der Waals surface area contributed by atoms with Gasteiger partial charge in [0.2, 0.25) is 5.91 Å². The first kappa shape index (κ1) is 15.1. The molecule has 22 heavy (non-hydrogen) atoms. The molecule has 2 aromatic rings. The second kappa shape index (κ2) is 6.99. The van der Waals surface area contributed by atoms with Crippen LogP contribution in [-0.2, 0) is 17.8 Å². The summed E-state index contributed by atoms with van der Waals surface area (Å²) >= 11 is 5.98. The molecule has 0 bridgehead atoms. The molecule has 0 aliphatic carbocycles. The Labute approximate surface area is 135 Å². The van der Waals surface area contributed by atoms with Crippen molar-refractivity contribution in [2.45, 2.75) is 25.4 Å². The highest BCUT2D eigenvalue weighted by Gasteiger charge is 2.28. The molecule has 0 radical (unpaired) electrons. The summed E-state index contributed by atoms with van der Waals surface area (Å²) < 4.78 is 5.04. The number of likely N-dealkylation sites (tertiary alicyclic amines) is 1. The Balaban J connectivity index is 1.47. The average molecular weight is 319 g/mol. The number of rotatable bonds is 6. The summed E-state index contributed by atoms with van der Waals surface area (Å²) in [5.74, 6) is 0.215. The van der Waals surface area contributed by atoms with Gasteiger partial charge in [-0.15, -0.1) is 0 Å². The highest BCUT2D eigenvalue weighted by molar-refractivity contribution is 6.30. The van der Waals surface area contributed by atoms with Crippen LogP contribution in [0.1, 0.15) is 17.5 Å². The molecule has 116 valence electrons. The topological polar surface area (TPSA) is 45.5 Å². The molecule has 1 aromatic heterocycles. The van der Waals surface area contributed by atoms with Gasteiger partial charge in [-0.2, -0.15) is 0 Å². The minimum absolute atomic E-state index is 0.210. The maximum atomic E-state index is 12.1. The number of nitrogens with zero attached hydrogens (tertiary/aromatic N) is 1. The van der Waals surface area contributed by atoms with E-state index in [0.29, 0.717) is 6.42 Å². The van der Waals surface area contributed by atoms with Crippen molar-refractivity contribution < 1.29 is 9.21 Å². The van der Waals surface area contributed by atoms with Gasteiger partial charge in [0.05, 0.1) is 12.5 Å². The number of amides is 1. The van der Waals surface area contributed by atoms with E-state index in [2.05, 4.69) is 5.32 Å². The fourth-order valence-corrected chi connectivity index (χ4v) is 2.95. The molecule has 1 aliphatic rings. The van der Waals surface area contributed by atoms with Crippen LogP contribution in [0.3, 0.4) is 0 Å². The molecule has 1 N–H and O–H groups in total. The second-order valence-electron chi connectivity index (χ2n) is 5.63. The third-order valence-corrected chi connectivity index (χ3v) is 4.18. The number of furan rings is 1. The van der Waals surface area contributed by atoms with Gasteiger partial charge >= 0.3 is 0 Å². The van der Waals surface area contributed by atoms with E-state index in [1.165, 1.54) is 0 Å². The molecule has 0 unspecified atom stereocenters. The third-order valence-electron chi connectivity index (χ3n) is 3.95. The lowest BCUT2D eigenvalue weighted by atomic mass is 10.1. The number of hydrogen-bond acceptors (Lipinski definition) is 3. The van der Waals surface area contributed by atoms with E-state index in [0.717, 1.165) is 42.2 Å². The van der Waals surface area contributed by atoms with Gasteiger partial charge in [-0.25, -0.2) is 0 Å². The van der Waals surface area contributed by atoms with E-state index in [1.54, 1.807) is 12.5 Å². The standard InChI is InChI=1S/C17H19ClN2O2/c18-15-3-1-2-13(8-15)4-6-20-11-16(9-17(20)21)19-10-14-5-7-22-12-14/h1-3,5,7-8,12,16,19H,4,6,9-11H2/t16-/m0/s1. The Morgan fingerprint density at radius 2 is 2.23 bits per heavy atom. The van der Waals surface area contributed by atoms with Crippen molar-refractivity contribution in [1.29, 1.82) is 0 Å². The van der Waals surface area contributed by atoms with Crippen molar-refractivity contribution in [3.63, 3.8) is 0 Å². The average Bonchev–Trinajstić information content (AvgIpc) is 3.13. The zero-order chi connectivity index (χ0) is 15.4. The van der Waals surface area contributed by atoms with Crippen molar-refractivity contribution in [3.8, 4) is 0 Å². The lowest BCUT2D eigenvalue weighted by molar-refractivity contribution is -0.127. The maximum absolute atomic E-state index is 12.1. The molecule has 0 saturated carbocycles. The van der Waals surface area contributed by atoms with Crippen LogP contribution in [-0.4, -0.2) is 29.9 Å². The van der Waals surface area contributed by atoms with Crippen LogP contribution in [0.2, 0.25) is 5.02 Å². The first-order valence-corrected chi connectivity index (χ1v) is 7.85. The number of nitrogens with one attached hydrogen (secondary N) is 1. The molecular formula is C17H19ClN2O2. The van der Waals surface area contributed by atoms with Gasteiger partial charge in [0.15, 0.2) is 0 Å². The molecule has 5 heteroatoms. The Kier molecular flexibility index (Phi) is 4.80.